The highest BCUT2D eigenvalue weighted by atomic mass is 16.5. The minimum Gasteiger partial charge on any atom is -0.378 e. The van der Waals surface area contributed by atoms with Crippen molar-refractivity contribution in [1.82, 2.24) is 15.1 Å². The fraction of sp³-hybridized carbons (Fsp3) is 0.423. The van der Waals surface area contributed by atoms with Gasteiger partial charge in [0.25, 0.3) is 0 Å². The minimum absolute atomic E-state index is 0.0148. The molecule has 0 saturated carbocycles. The fourth-order valence-electron chi connectivity index (χ4n) is 4.72. The topological polar surface area (TPSA) is 87.8 Å². The lowest BCUT2D eigenvalue weighted by Gasteiger charge is -2.38. The molecule has 178 valence electrons. The molecule has 2 aliphatic rings. The third kappa shape index (κ3) is 4.43. The number of nitrogens with two attached hydrogens (primary N) is 1. The van der Waals surface area contributed by atoms with Crippen LogP contribution in [0.2, 0.25) is 0 Å². The predicted molar refractivity (Wildman–Crippen MR) is 135 cm³/mol. The molecule has 8 heteroatoms. The highest BCUT2D eigenvalue weighted by Crippen LogP contribution is 2.32. The molecule has 2 aliphatic heterocycles. The summed E-state index contributed by atoms with van der Waals surface area (Å²) in [6, 6.07) is 16.8. The van der Waals surface area contributed by atoms with Crippen molar-refractivity contribution in [2.24, 2.45) is 5.73 Å². The van der Waals surface area contributed by atoms with Crippen LogP contribution < -0.4 is 15.5 Å². The molecule has 0 spiro atoms. The molecule has 2 aromatic carbocycles. The Bertz CT molecular complexity index is 1160. The van der Waals surface area contributed by atoms with E-state index in [1.165, 1.54) is 5.69 Å². The molecule has 2 fully saturated rings. The number of carbonyl (C=O) groups excluding carboxylic acids is 1. The molecule has 5 rings (SSSR count). The number of rotatable bonds is 4. The quantitative estimate of drug-likeness (QED) is 0.640. The van der Waals surface area contributed by atoms with E-state index in [1.807, 2.05) is 17.0 Å². The number of aromatic nitrogens is 2. The number of ether oxygens (including phenoxy) is 1. The zero-order chi connectivity index (χ0) is 23.7. The number of benzene rings is 2. The van der Waals surface area contributed by atoms with Crippen LogP contribution in [-0.2, 0) is 9.53 Å². The predicted octanol–water partition coefficient (Wildman–Crippen LogP) is 2.52. The molecule has 0 aliphatic carbocycles. The molecule has 1 amide bonds. The van der Waals surface area contributed by atoms with Gasteiger partial charge in [0.05, 0.1) is 18.8 Å². The summed E-state index contributed by atoms with van der Waals surface area (Å²) >= 11 is 0. The van der Waals surface area contributed by atoms with Crippen LogP contribution in [0.5, 0.6) is 0 Å². The maximum atomic E-state index is 12.5. The normalized spacial score (nSPS) is 17.3. The molecule has 2 N–H and O–H groups in total. The van der Waals surface area contributed by atoms with E-state index in [0.29, 0.717) is 26.2 Å². The van der Waals surface area contributed by atoms with Crippen molar-refractivity contribution in [2.75, 3.05) is 62.3 Å². The maximum Gasteiger partial charge on any atom is 0.242 e. The van der Waals surface area contributed by atoms with Crippen LogP contribution in [0.3, 0.4) is 0 Å². The standard InChI is InChI=1S/C26H32N6O2/c1-26(2,27)25(33)32-13-11-31(12-14-32)24-22-6-4-3-5-21(22)23(28-29-24)19-7-9-20(10-8-19)30-15-17-34-18-16-30/h3-10H,11-18,27H2,1-2H3. The highest BCUT2D eigenvalue weighted by Gasteiger charge is 2.31. The van der Waals surface area contributed by atoms with E-state index >= 15 is 0 Å². The van der Waals surface area contributed by atoms with Crippen molar-refractivity contribution in [3.8, 4) is 11.3 Å². The number of carbonyl (C=O) groups is 1. The van der Waals surface area contributed by atoms with Gasteiger partial charge < -0.3 is 25.2 Å². The number of amides is 1. The first kappa shape index (κ1) is 22.6. The molecule has 2 saturated heterocycles. The number of anilines is 2. The number of morpholine rings is 1. The van der Waals surface area contributed by atoms with Crippen LogP contribution in [0.4, 0.5) is 11.5 Å². The molecule has 8 nitrogen and oxygen atoms in total. The molecular weight excluding hydrogens is 428 g/mol. The van der Waals surface area contributed by atoms with E-state index in [4.69, 9.17) is 10.5 Å². The fourth-order valence-corrected chi connectivity index (χ4v) is 4.72. The second-order valence-corrected chi connectivity index (χ2v) is 9.57. The summed E-state index contributed by atoms with van der Waals surface area (Å²) in [5, 5.41) is 11.5. The van der Waals surface area contributed by atoms with Gasteiger partial charge in [-0.05, 0) is 26.0 Å². The summed E-state index contributed by atoms with van der Waals surface area (Å²) in [4.78, 5) is 19.0. The molecule has 0 bridgehead atoms. The summed E-state index contributed by atoms with van der Waals surface area (Å²) in [5.74, 6) is 0.849. The number of piperazine rings is 1. The lowest BCUT2D eigenvalue weighted by atomic mass is 10.0. The SMILES string of the molecule is CC(C)(N)C(=O)N1CCN(c2nnc(-c3ccc(N4CCOCC4)cc3)c3ccccc23)CC1. The number of fused-ring (bicyclic) bond motifs is 1. The van der Waals surface area contributed by atoms with Crippen LogP contribution >= 0.6 is 0 Å². The smallest absolute Gasteiger partial charge is 0.242 e. The van der Waals surface area contributed by atoms with E-state index in [0.717, 1.165) is 54.2 Å². The first-order valence-electron chi connectivity index (χ1n) is 11.9. The van der Waals surface area contributed by atoms with E-state index in [2.05, 4.69) is 56.4 Å². The van der Waals surface area contributed by atoms with Crippen molar-refractivity contribution < 1.29 is 9.53 Å². The van der Waals surface area contributed by atoms with E-state index in [1.54, 1.807) is 13.8 Å². The zero-order valence-electron chi connectivity index (χ0n) is 19.9. The molecular formula is C26H32N6O2. The van der Waals surface area contributed by atoms with E-state index < -0.39 is 5.54 Å². The Morgan fingerprint density at radius 3 is 2.15 bits per heavy atom. The van der Waals surface area contributed by atoms with E-state index in [9.17, 15) is 4.79 Å². The third-order valence-electron chi connectivity index (χ3n) is 6.60. The Morgan fingerprint density at radius 1 is 0.853 bits per heavy atom. The number of nitrogens with zero attached hydrogens (tertiary/aromatic N) is 5. The van der Waals surface area contributed by atoms with Gasteiger partial charge in [0, 0.05) is 61.3 Å². The third-order valence-corrected chi connectivity index (χ3v) is 6.60. The van der Waals surface area contributed by atoms with Gasteiger partial charge >= 0.3 is 0 Å². The van der Waals surface area contributed by atoms with Gasteiger partial charge in [-0.1, -0.05) is 36.4 Å². The van der Waals surface area contributed by atoms with Gasteiger partial charge in [0.15, 0.2) is 5.82 Å². The molecule has 1 aromatic heterocycles. The van der Waals surface area contributed by atoms with Gasteiger partial charge in [-0.15, -0.1) is 10.2 Å². The Hall–Kier alpha value is -3.23. The van der Waals surface area contributed by atoms with Crippen LogP contribution in [0.25, 0.3) is 22.0 Å². The molecule has 3 aromatic rings. The summed E-state index contributed by atoms with van der Waals surface area (Å²) in [7, 11) is 0. The monoisotopic (exact) mass is 460 g/mol. The second kappa shape index (κ2) is 9.19. The Balaban J connectivity index is 1.39. The highest BCUT2D eigenvalue weighted by molar-refractivity contribution is 6.00. The van der Waals surface area contributed by atoms with Crippen molar-refractivity contribution in [3.63, 3.8) is 0 Å². The van der Waals surface area contributed by atoms with Crippen molar-refractivity contribution in [2.45, 2.75) is 19.4 Å². The lowest BCUT2D eigenvalue weighted by molar-refractivity contribution is -0.136. The summed E-state index contributed by atoms with van der Waals surface area (Å²) in [5.41, 5.74) is 8.30. The zero-order valence-corrected chi connectivity index (χ0v) is 19.9. The van der Waals surface area contributed by atoms with Crippen LogP contribution in [0.1, 0.15) is 13.8 Å². The molecule has 0 radical (unpaired) electrons. The van der Waals surface area contributed by atoms with Gasteiger partial charge in [-0.3, -0.25) is 4.79 Å². The number of hydrogen-bond donors (Lipinski definition) is 1. The van der Waals surface area contributed by atoms with Gasteiger partial charge in [0.1, 0.15) is 5.69 Å². The minimum atomic E-state index is -0.854. The average molecular weight is 461 g/mol. The van der Waals surface area contributed by atoms with Crippen LogP contribution in [0, 0.1) is 0 Å². The molecule has 3 heterocycles. The Labute approximate surface area is 200 Å². The van der Waals surface area contributed by atoms with Gasteiger partial charge in [-0.2, -0.15) is 0 Å². The lowest BCUT2D eigenvalue weighted by Crippen LogP contribution is -2.57. The first-order chi connectivity index (χ1) is 16.4. The Kier molecular flexibility index (Phi) is 6.10. The van der Waals surface area contributed by atoms with Crippen molar-refractivity contribution in [1.29, 1.82) is 0 Å². The number of hydrogen-bond acceptors (Lipinski definition) is 7. The van der Waals surface area contributed by atoms with E-state index in [-0.39, 0.29) is 5.91 Å². The van der Waals surface area contributed by atoms with Gasteiger partial charge in [-0.25, -0.2) is 0 Å². The summed E-state index contributed by atoms with van der Waals surface area (Å²) in [6.45, 7) is 9.54. The molecule has 0 unspecified atom stereocenters. The Morgan fingerprint density at radius 2 is 1.50 bits per heavy atom. The second-order valence-electron chi connectivity index (χ2n) is 9.57. The average Bonchev–Trinajstić information content (AvgIpc) is 2.88. The molecule has 0 atom stereocenters. The maximum absolute atomic E-state index is 12.5. The van der Waals surface area contributed by atoms with Crippen molar-refractivity contribution >= 4 is 28.2 Å². The summed E-state index contributed by atoms with van der Waals surface area (Å²) in [6.07, 6.45) is 0. The summed E-state index contributed by atoms with van der Waals surface area (Å²) < 4.78 is 5.47. The largest absolute Gasteiger partial charge is 0.378 e. The molecule has 34 heavy (non-hydrogen) atoms. The van der Waals surface area contributed by atoms with Crippen molar-refractivity contribution in [3.05, 3.63) is 48.5 Å². The van der Waals surface area contributed by atoms with Crippen LogP contribution in [0.15, 0.2) is 48.5 Å². The van der Waals surface area contributed by atoms with Crippen LogP contribution in [-0.4, -0.2) is 79.0 Å². The van der Waals surface area contributed by atoms with Gasteiger partial charge in [0.2, 0.25) is 5.91 Å². The first-order valence-corrected chi connectivity index (χ1v) is 11.9.